The zero-order valence-electron chi connectivity index (χ0n) is 5.82. The minimum absolute atomic E-state index is 0.0914. The van der Waals surface area contributed by atoms with Gasteiger partial charge in [0.05, 0.1) is 0 Å². The Balaban J connectivity index is 2.54. The van der Waals surface area contributed by atoms with Crippen LogP contribution < -0.4 is 0 Å². The smallest absolute Gasteiger partial charge is 0.207 e. The van der Waals surface area contributed by atoms with Crippen molar-refractivity contribution in [1.29, 1.82) is 0 Å². The summed E-state index contributed by atoms with van der Waals surface area (Å²) < 4.78 is 24.9. The van der Waals surface area contributed by atoms with Gasteiger partial charge in [-0.1, -0.05) is 13.8 Å². The van der Waals surface area contributed by atoms with Crippen molar-refractivity contribution in [2.24, 2.45) is 11.8 Å². The van der Waals surface area contributed by atoms with Crippen LogP contribution in [0.1, 0.15) is 26.7 Å². The molecule has 0 nitrogen and oxygen atoms in total. The summed E-state index contributed by atoms with van der Waals surface area (Å²) in [5, 5.41) is 0. The first-order valence-electron chi connectivity index (χ1n) is 3.39. The fourth-order valence-electron chi connectivity index (χ4n) is 1.43. The second kappa shape index (κ2) is 1.93. The van der Waals surface area contributed by atoms with Gasteiger partial charge >= 0.3 is 0 Å². The van der Waals surface area contributed by atoms with Crippen molar-refractivity contribution < 1.29 is 8.78 Å². The summed E-state index contributed by atoms with van der Waals surface area (Å²) in [6.45, 7) is 3.79. The van der Waals surface area contributed by atoms with Gasteiger partial charge in [0, 0.05) is 12.8 Å². The SMILES string of the molecule is C[C@H]1CC(F)(F)C[C@@H]1C. The van der Waals surface area contributed by atoms with Crippen molar-refractivity contribution in [1.82, 2.24) is 0 Å². The monoisotopic (exact) mass is 134 g/mol. The molecule has 54 valence electrons. The Bertz CT molecular complexity index is 97.5. The van der Waals surface area contributed by atoms with Crippen LogP contribution in [0.25, 0.3) is 0 Å². The van der Waals surface area contributed by atoms with Crippen LogP contribution in [-0.2, 0) is 0 Å². The first-order valence-corrected chi connectivity index (χ1v) is 3.39. The van der Waals surface area contributed by atoms with Gasteiger partial charge in [0.1, 0.15) is 0 Å². The summed E-state index contributed by atoms with van der Waals surface area (Å²) >= 11 is 0. The van der Waals surface area contributed by atoms with Gasteiger partial charge in [-0.25, -0.2) is 8.78 Å². The van der Waals surface area contributed by atoms with E-state index in [1.165, 1.54) is 0 Å². The van der Waals surface area contributed by atoms with Crippen molar-refractivity contribution in [3.63, 3.8) is 0 Å². The Hall–Kier alpha value is -0.140. The van der Waals surface area contributed by atoms with Gasteiger partial charge in [-0.2, -0.15) is 0 Å². The average molecular weight is 134 g/mol. The molecule has 0 aromatic rings. The number of alkyl halides is 2. The number of hydrogen-bond donors (Lipinski definition) is 0. The van der Waals surface area contributed by atoms with E-state index in [1.54, 1.807) is 0 Å². The fraction of sp³-hybridized carbons (Fsp3) is 1.00. The molecule has 0 aromatic heterocycles. The molecule has 1 rings (SSSR count). The van der Waals surface area contributed by atoms with Crippen molar-refractivity contribution in [2.75, 3.05) is 0 Å². The number of hydrogen-bond acceptors (Lipinski definition) is 0. The lowest BCUT2D eigenvalue weighted by Crippen LogP contribution is -2.08. The van der Waals surface area contributed by atoms with Crippen molar-refractivity contribution in [2.45, 2.75) is 32.6 Å². The number of rotatable bonds is 0. The van der Waals surface area contributed by atoms with Gasteiger partial charge in [-0.05, 0) is 11.8 Å². The minimum Gasteiger partial charge on any atom is -0.207 e. The van der Waals surface area contributed by atoms with E-state index in [4.69, 9.17) is 0 Å². The standard InChI is InChI=1S/C7H12F2/c1-5-3-7(8,9)4-6(5)2/h5-6H,3-4H2,1-2H3/t5-,6-/m0/s1. The van der Waals surface area contributed by atoms with E-state index in [-0.39, 0.29) is 24.7 Å². The van der Waals surface area contributed by atoms with E-state index in [0.29, 0.717) is 0 Å². The summed E-state index contributed by atoms with van der Waals surface area (Å²) in [5.74, 6) is -1.95. The van der Waals surface area contributed by atoms with Crippen LogP contribution in [0.15, 0.2) is 0 Å². The Kier molecular flexibility index (Phi) is 1.49. The van der Waals surface area contributed by atoms with Gasteiger partial charge in [0.25, 0.3) is 0 Å². The van der Waals surface area contributed by atoms with Gasteiger partial charge in [-0.3, -0.25) is 0 Å². The highest BCUT2D eigenvalue weighted by Gasteiger charge is 2.41. The molecule has 0 radical (unpaired) electrons. The third-order valence-electron chi connectivity index (χ3n) is 2.21. The molecule has 9 heavy (non-hydrogen) atoms. The molecular weight excluding hydrogens is 122 g/mol. The molecule has 0 aliphatic heterocycles. The maximum atomic E-state index is 12.4. The summed E-state index contributed by atoms with van der Waals surface area (Å²) in [7, 11) is 0. The lowest BCUT2D eigenvalue weighted by molar-refractivity contribution is 0.00344. The topological polar surface area (TPSA) is 0 Å². The van der Waals surface area contributed by atoms with Crippen molar-refractivity contribution in [3.05, 3.63) is 0 Å². The molecule has 0 heterocycles. The lowest BCUT2D eigenvalue weighted by Gasteiger charge is -2.04. The van der Waals surface area contributed by atoms with Crippen LogP contribution >= 0.6 is 0 Å². The Morgan fingerprint density at radius 3 is 1.56 bits per heavy atom. The van der Waals surface area contributed by atoms with Crippen LogP contribution in [0.5, 0.6) is 0 Å². The lowest BCUT2D eigenvalue weighted by atomic mass is 10.0. The molecule has 0 aromatic carbocycles. The van der Waals surface area contributed by atoms with E-state index in [2.05, 4.69) is 0 Å². The predicted molar refractivity (Wildman–Crippen MR) is 32.5 cm³/mol. The van der Waals surface area contributed by atoms with Crippen LogP contribution in [0, 0.1) is 11.8 Å². The molecule has 1 aliphatic carbocycles. The summed E-state index contributed by atoms with van der Waals surface area (Å²) in [5.41, 5.74) is 0. The maximum Gasteiger partial charge on any atom is 0.248 e. The normalized spacial score (nSPS) is 41.3. The van der Waals surface area contributed by atoms with E-state index in [9.17, 15) is 8.78 Å². The third kappa shape index (κ3) is 1.41. The molecular formula is C7H12F2. The van der Waals surface area contributed by atoms with Crippen LogP contribution in [0.2, 0.25) is 0 Å². The second-order valence-corrected chi connectivity index (χ2v) is 3.22. The molecule has 0 bridgehead atoms. The first kappa shape index (κ1) is 6.97. The first-order chi connectivity index (χ1) is 4.01. The molecule has 2 heteroatoms. The predicted octanol–water partition coefficient (Wildman–Crippen LogP) is 2.69. The maximum absolute atomic E-state index is 12.4. The Labute approximate surface area is 54.3 Å². The van der Waals surface area contributed by atoms with Crippen molar-refractivity contribution >= 4 is 0 Å². The highest BCUT2D eigenvalue weighted by molar-refractivity contribution is 4.83. The highest BCUT2D eigenvalue weighted by Crippen LogP contribution is 2.42. The molecule has 1 saturated carbocycles. The molecule has 0 spiro atoms. The molecule has 1 fully saturated rings. The molecule has 0 saturated heterocycles. The van der Waals surface area contributed by atoms with Gasteiger partial charge < -0.3 is 0 Å². The molecule has 0 amide bonds. The van der Waals surface area contributed by atoms with Crippen LogP contribution in [-0.4, -0.2) is 5.92 Å². The molecule has 0 N–H and O–H groups in total. The van der Waals surface area contributed by atoms with Crippen LogP contribution in [0.3, 0.4) is 0 Å². The number of halogens is 2. The molecule has 0 unspecified atom stereocenters. The quantitative estimate of drug-likeness (QED) is 0.477. The summed E-state index contributed by atoms with van der Waals surface area (Å²) in [4.78, 5) is 0. The minimum atomic E-state index is -2.36. The second-order valence-electron chi connectivity index (χ2n) is 3.22. The van der Waals surface area contributed by atoms with E-state index in [0.717, 1.165) is 0 Å². The summed E-state index contributed by atoms with van der Waals surface area (Å²) in [6.07, 6.45) is 0.183. The highest BCUT2D eigenvalue weighted by atomic mass is 19.3. The van der Waals surface area contributed by atoms with Crippen molar-refractivity contribution in [3.8, 4) is 0 Å². The van der Waals surface area contributed by atoms with Crippen LogP contribution in [0.4, 0.5) is 8.78 Å². The zero-order valence-corrected chi connectivity index (χ0v) is 5.82. The Morgan fingerprint density at radius 1 is 1.11 bits per heavy atom. The van der Waals surface area contributed by atoms with Gasteiger partial charge in [0.15, 0.2) is 0 Å². The van der Waals surface area contributed by atoms with E-state index < -0.39 is 5.92 Å². The van der Waals surface area contributed by atoms with E-state index >= 15 is 0 Å². The fourth-order valence-corrected chi connectivity index (χ4v) is 1.43. The average Bonchev–Trinajstić information content (AvgIpc) is 1.79. The van der Waals surface area contributed by atoms with E-state index in [1.807, 2.05) is 13.8 Å². The molecule has 1 aliphatic rings. The third-order valence-corrected chi connectivity index (χ3v) is 2.21. The van der Waals surface area contributed by atoms with Gasteiger partial charge in [0.2, 0.25) is 5.92 Å². The zero-order chi connectivity index (χ0) is 7.07. The Morgan fingerprint density at radius 2 is 1.44 bits per heavy atom. The largest absolute Gasteiger partial charge is 0.248 e. The molecule has 2 atom stereocenters. The summed E-state index contributed by atoms with van der Waals surface area (Å²) in [6, 6.07) is 0. The van der Waals surface area contributed by atoms with Gasteiger partial charge in [-0.15, -0.1) is 0 Å².